The summed E-state index contributed by atoms with van der Waals surface area (Å²) in [5.41, 5.74) is 4.83. The SMILES string of the molecule is CCCCCCC(O)(CCCCCC)CCn1cnc2ncnc(NOCc3ccccc3)c21. The first-order chi connectivity index (χ1) is 16.6. The van der Waals surface area contributed by atoms with Crippen molar-refractivity contribution in [2.24, 2.45) is 0 Å². The van der Waals surface area contributed by atoms with E-state index in [1.54, 1.807) is 6.33 Å². The molecule has 3 rings (SSSR count). The van der Waals surface area contributed by atoms with Gasteiger partial charge in [-0.3, -0.25) is 4.84 Å². The Balaban J connectivity index is 1.65. The van der Waals surface area contributed by atoms with E-state index in [2.05, 4.69) is 34.3 Å². The molecular weight excluding hydrogens is 426 g/mol. The first-order valence-corrected chi connectivity index (χ1v) is 12.9. The highest BCUT2D eigenvalue weighted by Gasteiger charge is 2.26. The third-order valence-electron chi connectivity index (χ3n) is 6.47. The second-order valence-electron chi connectivity index (χ2n) is 9.30. The topological polar surface area (TPSA) is 85.1 Å². The molecule has 0 spiro atoms. The van der Waals surface area contributed by atoms with Crippen LogP contribution in [0.2, 0.25) is 0 Å². The lowest BCUT2D eigenvalue weighted by molar-refractivity contribution is 0.00587. The molecule has 1 aromatic carbocycles. The van der Waals surface area contributed by atoms with E-state index in [0.29, 0.717) is 31.0 Å². The van der Waals surface area contributed by atoms with Crippen LogP contribution in [0.3, 0.4) is 0 Å². The summed E-state index contributed by atoms with van der Waals surface area (Å²) in [5, 5.41) is 11.5. The lowest BCUT2D eigenvalue weighted by Gasteiger charge is -2.29. The van der Waals surface area contributed by atoms with E-state index >= 15 is 0 Å². The van der Waals surface area contributed by atoms with Gasteiger partial charge in [-0.05, 0) is 24.8 Å². The zero-order valence-electron chi connectivity index (χ0n) is 20.9. The van der Waals surface area contributed by atoms with Crippen LogP contribution in [-0.2, 0) is 18.0 Å². The van der Waals surface area contributed by atoms with Crippen molar-refractivity contribution in [1.29, 1.82) is 0 Å². The zero-order valence-corrected chi connectivity index (χ0v) is 20.9. The van der Waals surface area contributed by atoms with Gasteiger partial charge in [0.1, 0.15) is 11.8 Å². The van der Waals surface area contributed by atoms with Crippen LogP contribution in [0.4, 0.5) is 5.82 Å². The van der Waals surface area contributed by atoms with Crippen LogP contribution in [-0.4, -0.2) is 30.2 Å². The monoisotopic (exact) mass is 467 g/mol. The molecule has 0 aliphatic carbocycles. The van der Waals surface area contributed by atoms with E-state index in [1.165, 1.54) is 44.9 Å². The number of imidazole rings is 1. The van der Waals surface area contributed by atoms with Gasteiger partial charge in [-0.25, -0.2) is 20.4 Å². The largest absolute Gasteiger partial charge is 0.390 e. The number of anilines is 1. The molecule has 0 bridgehead atoms. The summed E-state index contributed by atoms with van der Waals surface area (Å²) in [4.78, 5) is 18.9. The van der Waals surface area contributed by atoms with Crippen LogP contribution in [0.25, 0.3) is 11.2 Å². The molecule has 0 atom stereocenters. The zero-order chi connectivity index (χ0) is 24.1. The number of fused-ring (bicyclic) bond motifs is 1. The normalized spacial score (nSPS) is 11.9. The second kappa shape index (κ2) is 14.0. The quantitative estimate of drug-likeness (QED) is 0.176. The first-order valence-electron chi connectivity index (χ1n) is 12.9. The van der Waals surface area contributed by atoms with Crippen molar-refractivity contribution in [3.63, 3.8) is 0 Å². The Morgan fingerprint density at radius 2 is 1.59 bits per heavy atom. The number of rotatable bonds is 17. The van der Waals surface area contributed by atoms with Crippen LogP contribution >= 0.6 is 0 Å². The smallest absolute Gasteiger partial charge is 0.183 e. The maximum Gasteiger partial charge on any atom is 0.183 e. The highest BCUT2D eigenvalue weighted by atomic mass is 16.6. The Labute approximate surface area is 203 Å². The average Bonchev–Trinajstić information content (AvgIpc) is 3.28. The Morgan fingerprint density at radius 1 is 0.882 bits per heavy atom. The molecule has 0 unspecified atom stereocenters. The number of benzene rings is 1. The van der Waals surface area contributed by atoms with E-state index in [1.807, 2.05) is 34.9 Å². The highest BCUT2D eigenvalue weighted by Crippen LogP contribution is 2.28. The molecule has 7 heteroatoms. The van der Waals surface area contributed by atoms with E-state index in [4.69, 9.17) is 4.84 Å². The Kier molecular flexibility index (Phi) is 10.8. The Bertz CT molecular complexity index is 948. The number of aryl methyl sites for hydroxylation is 1. The third kappa shape index (κ3) is 8.06. The van der Waals surface area contributed by atoms with Crippen molar-refractivity contribution in [2.75, 3.05) is 5.48 Å². The van der Waals surface area contributed by atoms with Gasteiger partial charge in [0, 0.05) is 6.54 Å². The number of nitrogens with zero attached hydrogens (tertiary/aromatic N) is 4. The summed E-state index contributed by atoms with van der Waals surface area (Å²) in [6, 6.07) is 10.00. The molecule has 2 heterocycles. The molecule has 0 saturated carbocycles. The fourth-order valence-corrected chi connectivity index (χ4v) is 4.38. The minimum Gasteiger partial charge on any atom is -0.390 e. The lowest BCUT2D eigenvalue weighted by atomic mass is 9.87. The Hall–Kier alpha value is -2.51. The molecule has 7 nitrogen and oxygen atoms in total. The molecule has 0 amide bonds. The van der Waals surface area contributed by atoms with Crippen LogP contribution < -0.4 is 5.48 Å². The van der Waals surface area contributed by atoms with Crippen LogP contribution in [0.1, 0.15) is 90.0 Å². The number of nitrogens with one attached hydrogen (secondary N) is 1. The fraction of sp³-hybridized carbons (Fsp3) is 0.593. The van der Waals surface area contributed by atoms with Gasteiger partial charge in [-0.1, -0.05) is 95.5 Å². The standard InChI is InChI=1S/C27H41N5O2/c1-3-5-7-12-16-27(33,17-13-8-6-4-2)18-19-32-22-30-25-24(32)26(29-21-28-25)31-34-20-23-14-10-9-11-15-23/h9-11,14-15,21-22,33H,3-8,12-13,16-20H2,1-2H3,(H,28,29,31). The molecule has 0 saturated heterocycles. The molecule has 0 aliphatic heterocycles. The van der Waals surface area contributed by atoms with Crippen molar-refractivity contribution in [2.45, 2.75) is 103 Å². The summed E-state index contributed by atoms with van der Waals surface area (Å²) >= 11 is 0. The summed E-state index contributed by atoms with van der Waals surface area (Å²) in [5.74, 6) is 0.591. The maximum atomic E-state index is 11.5. The summed E-state index contributed by atoms with van der Waals surface area (Å²) < 4.78 is 2.03. The van der Waals surface area contributed by atoms with Gasteiger partial charge in [0.15, 0.2) is 11.5 Å². The van der Waals surface area contributed by atoms with Gasteiger partial charge >= 0.3 is 0 Å². The molecule has 2 N–H and O–H groups in total. The molecule has 0 radical (unpaired) electrons. The second-order valence-corrected chi connectivity index (χ2v) is 9.30. The lowest BCUT2D eigenvalue weighted by Crippen LogP contribution is -2.30. The van der Waals surface area contributed by atoms with Gasteiger partial charge in [0.2, 0.25) is 0 Å². The summed E-state index contributed by atoms with van der Waals surface area (Å²) in [6.07, 6.45) is 15.1. The van der Waals surface area contributed by atoms with Gasteiger partial charge < -0.3 is 9.67 Å². The number of unbranched alkanes of at least 4 members (excludes halogenated alkanes) is 6. The number of hydrogen-bond donors (Lipinski definition) is 2. The van der Waals surface area contributed by atoms with Crippen molar-refractivity contribution < 1.29 is 9.94 Å². The fourth-order valence-electron chi connectivity index (χ4n) is 4.38. The van der Waals surface area contributed by atoms with Gasteiger partial charge in [0.25, 0.3) is 0 Å². The average molecular weight is 468 g/mol. The van der Waals surface area contributed by atoms with Gasteiger partial charge in [-0.15, -0.1) is 0 Å². The predicted molar refractivity (Wildman–Crippen MR) is 137 cm³/mol. The molecular formula is C27H41N5O2. The molecule has 2 aromatic heterocycles. The van der Waals surface area contributed by atoms with Crippen molar-refractivity contribution in [3.05, 3.63) is 48.5 Å². The van der Waals surface area contributed by atoms with E-state index in [-0.39, 0.29) is 0 Å². The van der Waals surface area contributed by atoms with Crippen LogP contribution in [0.15, 0.2) is 43.0 Å². The third-order valence-corrected chi connectivity index (χ3v) is 6.47. The minimum atomic E-state index is -0.648. The summed E-state index contributed by atoms with van der Waals surface area (Å²) in [7, 11) is 0. The number of aromatic nitrogens is 4. The number of hydrogen-bond acceptors (Lipinski definition) is 6. The van der Waals surface area contributed by atoms with Crippen molar-refractivity contribution in [3.8, 4) is 0 Å². The van der Waals surface area contributed by atoms with Crippen molar-refractivity contribution >= 4 is 17.0 Å². The highest BCUT2D eigenvalue weighted by molar-refractivity contribution is 5.82. The molecule has 34 heavy (non-hydrogen) atoms. The van der Waals surface area contributed by atoms with Gasteiger partial charge in [-0.2, -0.15) is 0 Å². The maximum absolute atomic E-state index is 11.5. The van der Waals surface area contributed by atoms with Crippen molar-refractivity contribution in [1.82, 2.24) is 19.5 Å². The van der Waals surface area contributed by atoms with Crippen LogP contribution in [0.5, 0.6) is 0 Å². The first kappa shape index (κ1) is 26.1. The minimum absolute atomic E-state index is 0.426. The molecule has 3 aromatic rings. The van der Waals surface area contributed by atoms with E-state index in [0.717, 1.165) is 36.8 Å². The van der Waals surface area contributed by atoms with E-state index in [9.17, 15) is 5.11 Å². The van der Waals surface area contributed by atoms with Crippen LogP contribution in [0, 0.1) is 0 Å². The molecule has 0 fully saturated rings. The van der Waals surface area contributed by atoms with E-state index < -0.39 is 5.60 Å². The predicted octanol–water partition coefficient (Wildman–Crippen LogP) is 6.43. The molecule has 0 aliphatic rings. The number of aliphatic hydroxyl groups is 1. The summed E-state index contributed by atoms with van der Waals surface area (Å²) in [6.45, 7) is 5.53. The molecule has 186 valence electrons. The van der Waals surface area contributed by atoms with Gasteiger partial charge in [0.05, 0.1) is 18.5 Å². The Morgan fingerprint density at radius 3 is 2.26 bits per heavy atom.